The Morgan fingerprint density at radius 2 is 1.73 bits per heavy atom. The van der Waals surface area contributed by atoms with Crippen molar-refractivity contribution in [1.29, 1.82) is 0 Å². The Bertz CT molecular complexity index is 265. The molecule has 4 nitrogen and oxygen atoms in total. The zero-order valence-corrected chi connectivity index (χ0v) is 9.67. The van der Waals surface area contributed by atoms with Crippen LogP contribution in [0.5, 0.6) is 0 Å². The van der Waals surface area contributed by atoms with Crippen LogP contribution in [0, 0.1) is 0 Å². The van der Waals surface area contributed by atoms with Crippen molar-refractivity contribution in [2.45, 2.75) is 38.5 Å². The second-order valence-electron chi connectivity index (χ2n) is 3.11. The average molecular weight is 245 g/mol. The van der Waals surface area contributed by atoms with Gasteiger partial charge < -0.3 is 5.11 Å². The monoisotopic (exact) mass is 245 g/mol. The molecule has 1 N–H and O–H groups in total. The van der Waals surface area contributed by atoms with E-state index in [1.807, 2.05) is 0 Å². The number of halogens is 2. The van der Waals surface area contributed by atoms with Crippen LogP contribution >= 0.6 is 0 Å². The van der Waals surface area contributed by atoms with Crippen molar-refractivity contribution in [3.63, 3.8) is 0 Å². The fourth-order valence-electron chi connectivity index (χ4n) is 1.41. The summed E-state index contributed by atoms with van der Waals surface area (Å²) in [4.78, 5) is 0. The Hall–Kier alpha value is -0.270. The zero-order chi connectivity index (χ0) is 12.1. The quantitative estimate of drug-likeness (QED) is 0.728. The molecule has 0 amide bonds. The van der Waals surface area contributed by atoms with Gasteiger partial charge in [0.25, 0.3) is 10.0 Å². The van der Waals surface area contributed by atoms with Gasteiger partial charge in [-0.25, -0.2) is 8.42 Å². The van der Waals surface area contributed by atoms with E-state index >= 15 is 0 Å². The van der Waals surface area contributed by atoms with Gasteiger partial charge >= 0.3 is 5.76 Å². The van der Waals surface area contributed by atoms with E-state index in [0.29, 0.717) is 17.1 Å². The number of aliphatic hydroxyl groups excluding tert-OH is 1. The number of rotatable bonds is 7. The van der Waals surface area contributed by atoms with E-state index in [1.54, 1.807) is 13.8 Å². The summed E-state index contributed by atoms with van der Waals surface area (Å²) >= 11 is 0. The fraction of sp³-hybridized carbons (Fsp3) is 1.00. The van der Waals surface area contributed by atoms with Crippen LogP contribution in [0.3, 0.4) is 0 Å². The highest BCUT2D eigenvalue weighted by molar-refractivity contribution is 7.89. The van der Waals surface area contributed by atoms with Crippen molar-refractivity contribution in [3.8, 4) is 0 Å². The molecule has 0 saturated carbocycles. The number of nitrogens with zero attached hydrogens (tertiary/aromatic N) is 1. The van der Waals surface area contributed by atoms with Crippen LogP contribution in [0.15, 0.2) is 0 Å². The van der Waals surface area contributed by atoms with Crippen LogP contribution in [0.1, 0.15) is 26.7 Å². The summed E-state index contributed by atoms with van der Waals surface area (Å²) in [6, 6.07) is -0.476. The summed E-state index contributed by atoms with van der Waals surface area (Å²) in [5.41, 5.74) is 0. The lowest BCUT2D eigenvalue weighted by Crippen LogP contribution is -2.44. The summed E-state index contributed by atoms with van der Waals surface area (Å²) in [6.45, 7) is 2.71. The molecule has 0 spiro atoms. The number of hydrogen-bond donors (Lipinski definition) is 1. The molecule has 0 aliphatic carbocycles. The van der Waals surface area contributed by atoms with Gasteiger partial charge in [-0.2, -0.15) is 13.1 Å². The smallest absolute Gasteiger partial charge is 0.350 e. The van der Waals surface area contributed by atoms with Gasteiger partial charge in [0.15, 0.2) is 0 Å². The van der Waals surface area contributed by atoms with Crippen LogP contribution in [-0.4, -0.2) is 42.8 Å². The average Bonchev–Trinajstić information content (AvgIpc) is 2.18. The topological polar surface area (TPSA) is 57.6 Å². The molecule has 0 bridgehead atoms. The number of alkyl halides is 2. The summed E-state index contributed by atoms with van der Waals surface area (Å²) in [5, 5.41) is 8.67. The van der Waals surface area contributed by atoms with Crippen LogP contribution in [0.2, 0.25) is 0 Å². The Kier molecular flexibility index (Phi) is 6.23. The molecule has 0 saturated heterocycles. The second kappa shape index (κ2) is 6.34. The third kappa shape index (κ3) is 3.66. The summed E-state index contributed by atoms with van der Waals surface area (Å²) in [7, 11) is -4.58. The Balaban J connectivity index is 4.95. The maximum atomic E-state index is 12.3. The molecule has 0 heterocycles. The summed E-state index contributed by atoms with van der Waals surface area (Å²) in [5.74, 6) is -3.43. The van der Waals surface area contributed by atoms with Crippen LogP contribution in [0.25, 0.3) is 0 Å². The molecule has 0 aromatic heterocycles. The van der Waals surface area contributed by atoms with Gasteiger partial charge in [-0.1, -0.05) is 13.8 Å². The van der Waals surface area contributed by atoms with Gasteiger partial charge in [-0.3, -0.25) is 0 Å². The maximum absolute atomic E-state index is 12.3. The van der Waals surface area contributed by atoms with Crippen molar-refractivity contribution >= 4 is 10.0 Å². The number of aliphatic hydroxyl groups is 1. The Morgan fingerprint density at radius 1 is 1.27 bits per heavy atom. The van der Waals surface area contributed by atoms with E-state index < -0.39 is 28.4 Å². The molecular weight excluding hydrogens is 228 g/mol. The van der Waals surface area contributed by atoms with Crippen molar-refractivity contribution in [2.24, 2.45) is 0 Å². The van der Waals surface area contributed by atoms with E-state index in [2.05, 4.69) is 0 Å². The SMILES string of the molecule is CCC(CC)N(CCO)S(=O)(=O)C(F)F. The molecular formula is C8H17F2NO3S. The lowest BCUT2D eigenvalue weighted by Gasteiger charge is -2.28. The highest BCUT2D eigenvalue weighted by Crippen LogP contribution is 2.18. The number of hydrogen-bond acceptors (Lipinski definition) is 3. The van der Waals surface area contributed by atoms with E-state index in [4.69, 9.17) is 5.11 Å². The molecule has 0 aromatic carbocycles. The lowest BCUT2D eigenvalue weighted by molar-refractivity contribution is 0.185. The van der Waals surface area contributed by atoms with Gasteiger partial charge in [0.2, 0.25) is 0 Å². The molecule has 0 aliphatic heterocycles. The molecule has 92 valence electrons. The predicted molar refractivity (Wildman–Crippen MR) is 53.1 cm³/mol. The molecule has 0 fully saturated rings. The van der Waals surface area contributed by atoms with Crippen molar-refractivity contribution in [3.05, 3.63) is 0 Å². The Labute approximate surface area is 88.9 Å². The highest BCUT2D eigenvalue weighted by atomic mass is 32.2. The van der Waals surface area contributed by atoms with E-state index in [9.17, 15) is 17.2 Å². The van der Waals surface area contributed by atoms with Gasteiger partial charge in [0, 0.05) is 12.6 Å². The molecule has 0 radical (unpaired) electrons. The van der Waals surface area contributed by atoms with Crippen molar-refractivity contribution < 1.29 is 22.3 Å². The third-order valence-corrected chi connectivity index (χ3v) is 3.81. The molecule has 0 aromatic rings. The predicted octanol–water partition coefficient (Wildman–Crippen LogP) is 1.02. The molecule has 0 rings (SSSR count). The van der Waals surface area contributed by atoms with Crippen molar-refractivity contribution in [1.82, 2.24) is 4.31 Å². The van der Waals surface area contributed by atoms with Crippen molar-refractivity contribution in [2.75, 3.05) is 13.2 Å². The number of sulfonamides is 1. The van der Waals surface area contributed by atoms with E-state index in [1.165, 1.54) is 0 Å². The van der Waals surface area contributed by atoms with E-state index in [-0.39, 0.29) is 6.54 Å². The second-order valence-corrected chi connectivity index (χ2v) is 4.97. The molecule has 0 aliphatic rings. The van der Waals surface area contributed by atoms with Crippen LogP contribution in [0.4, 0.5) is 8.78 Å². The highest BCUT2D eigenvalue weighted by Gasteiger charge is 2.35. The Morgan fingerprint density at radius 3 is 2.00 bits per heavy atom. The van der Waals surface area contributed by atoms with Gasteiger partial charge in [0.05, 0.1) is 6.61 Å². The van der Waals surface area contributed by atoms with Gasteiger partial charge in [-0.15, -0.1) is 0 Å². The summed E-state index contributed by atoms with van der Waals surface area (Å²) < 4.78 is 47.8. The summed E-state index contributed by atoms with van der Waals surface area (Å²) in [6.07, 6.45) is 0.894. The molecule has 0 unspecified atom stereocenters. The van der Waals surface area contributed by atoms with Crippen LogP contribution < -0.4 is 0 Å². The largest absolute Gasteiger partial charge is 0.395 e. The fourth-order valence-corrected chi connectivity index (χ4v) is 2.67. The first-order valence-corrected chi connectivity index (χ1v) is 6.31. The first-order chi connectivity index (χ1) is 6.91. The first kappa shape index (κ1) is 14.7. The molecule has 0 atom stereocenters. The van der Waals surface area contributed by atoms with Gasteiger partial charge in [0.1, 0.15) is 0 Å². The standard InChI is InChI=1S/C8H17F2NO3S/c1-3-7(4-2)11(5-6-12)15(13,14)8(9)10/h7-8,12H,3-6H2,1-2H3. The zero-order valence-electron chi connectivity index (χ0n) is 8.86. The molecule has 7 heteroatoms. The molecule has 15 heavy (non-hydrogen) atoms. The van der Waals surface area contributed by atoms with Crippen LogP contribution in [-0.2, 0) is 10.0 Å². The minimum absolute atomic E-state index is 0.279. The lowest BCUT2D eigenvalue weighted by atomic mass is 10.2. The minimum atomic E-state index is -4.58. The third-order valence-electron chi connectivity index (χ3n) is 2.22. The van der Waals surface area contributed by atoms with E-state index in [0.717, 1.165) is 0 Å². The first-order valence-electron chi connectivity index (χ1n) is 4.81. The minimum Gasteiger partial charge on any atom is -0.395 e. The maximum Gasteiger partial charge on any atom is 0.350 e. The van der Waals surface area contributed by atoms with Gasteiger partial charge in [-0.05, 0) is 12.8 Å². The normalized spacial score (nSPS) is 13.1.